The highest BCUT2D eigenvalue weighted by Crippen LogP contribution is 2.22. The molecule has 10 heteroatoms. The number of Topliss-reactive ketones (excluding diaryl/α,β-unsaturated/α-hetero) is 2. The van der Waals surface area contributed by atoms with Crippen molar-refractivity contribution in [2.24, 2.45) is 11.8 Å². The van der Waals surface area contributed by atoms with Gasteiger partial charge < -0.3 is 24.2 Å². The SMILES string of the molecule is C.CCCCCC(=O)NC(Cc1ccc(OCc2oc(=O)oc2C)cc1)C(=O)CC(C(=O)NCC(C)=O)C(C)CC. The first kappa shape index (κ1) is 35.3. The van der Waals surface area contributed by atoms with E-state index in [0.717, 1.165) is 24.8 Å². The van der Waals surface area contributed by atoms with Crippen molar-refractivity contribution in [2.45, 2.75) is 99.6 Å². The predicted molar refractivity (Wildman–Crippen MR) is 156 cm³/mol. The maximum Gasteiger partial charge on any atom is 0.519 e. The molecular weight excluding hydrogens is 528 g/mol. The Labute approximate surface area is 242 Å². The number of benzene rings is 1. The molecule has 2 rings (SSSR count). The summed E-state index contributed by atoms with van der Waals surface area (Å²) in [5, 5.41) is 5.52. The minimum Gasteiger partial charge on any atom is -0.486 e. The summed E-state index contributed by atoms with van der Waals surface area (Å²) in [6.45, 7) is 8.83. The van der Waals surface area contributed by atoms with Crippen molar-refractivity contribution in [1.82, 2.24) is 10.6 Å². The molecule has 0 bridgehead atoms. The van der Waals surface area contributed by atoms with Gasteiger partial charge in [-0.05, 0) is 50.3 Å². The molecule has 10 nitrogen and oxygen atoms in total. The molecule has 0 radical (unpaired) electrons. The van der Waals surface area contributed by atoms with Crippen LogP contribution in [0, 0.1) is 18.8 Å². The maximum atomic E-state index is 13.5. The second kappa shape index (κ2) is 17.9. The molecule has 1 heterocycles. The van der Waals surface area contributed by atoms with Crippen LogP contribution in [-0.2, 0) is 32.2 Å². The topological polar surface area (TPSA) is 145 Å². The highest BCUT2D eigenvalue weighted by molar-refractivity contribution is 5.93. The number of ketones is 2. The molecule has 1 aromatic carbocycles. The van der Waals surface area contributed by atoms with Gasteiger partial charge in [0.1, 0.15) is 18.1 Å². The molecule has 0 aliphatic carbocycles. The van der Waals surface area contributed by atoms with Crippen molar-refractivity contribution in [1.29, 1.82) is 0 Å². The van der Waals surface area contributed by atoms with E-state index >= 15 is 0 Å². The highest BCUT2D eigenvalue weighted by Gasteiger charge is 2.31. The molecule has 2 N–H and O–H groups in total. The molecule has 3 atom stereocenters. The van der Waals surface area contributed by atoms with Crippen LogP contribution in [-0.4, -0.2) is 36.0 Å². The summed E-state index contributed by atoms with van der Waals surface area (Å²) in [5.41, 5.74) is 0.798. The molecular formula is C31H46N2O8. The summed E-state index contributed by atoms with van der Waals surface area (Å²) in [4.78, 5) is 61.6. The van der Waals surface area contributed by atoms with Gasteiger partial charge in [0.15, 0.2) is 17.3 Å². The van der Waals surface area contributed by atoms with E-state index < -0.39 is 17.8 Å². The van der Waals surface area contributed by atoms with E-state index in [-0.39, 0.29) is 62.7 Å². The van der Waals surface area contributed by atoms with E-state index in [0.29, 0.717) is 30.1 Å². The van der Waals surface area contributed by atoms with Gasteiger partial charge in [0.05, 0.1) is 12.6 Å². The lowest BCUT2D eigenvalue weighted by atomic mass is 9.84. The molecule has 0 aliphatic rings. The van der Waals surface area contributed by atoms with Gasteiger partial charge in [-0.15, -0.1) is 0 Å². The van der Waals surface area contributed by atoms with Crippen molar-refractivity contribution in [3.63, 3.8) is 0 Å². The van der Waals surface area contributed by atoms with Gasteiger partial charge >= 0.3 is 5.82 Å². The Morgan fingerprint density at radius 1 is 1.02 bits per heavy atom. The smallest absolute Gasteiger partial charge is 0.486 e. The first-order valence-electron chi connectivity index (χ1n) is 13.9. The third kappa shape index (κ3) is 12.2. The summed E-state index contributed by atoms with van der Waals surface area (Å²) in [7, 11) is 0. The fraction of sp³-hybridized carbons (Fsp3) is 0.581. The summed E-state index contributed by atoms with van der Waals surface area (Å²) in [5.74, 6) is -1.26. The van der Waals surface area contributed by atoms with Crippen LogP contribution in [0.4, 0.5) is 0 Å². The average molecular weight is 575 g/mol. The number of hydrogen-bond acceptors (Lipinski definition) is 8. The molecule has 0 fully saturated rings. The molecule has 0 saturated carbocycles. The molecule has 228 valence electrons. The lowest BCUT2D eigenvalue weighted by molar-refractivity contribution is -0.133. The number of carbonyl (C=O) groups is 4. The van der Waals surface area contributed by atoms with Gasteiger partial charge in [0, 0.05) is 18.8 Å². The Kier molecular flexibility index (Phi) is 15.4. The Hall–Kier alpha value is -3.69. The zero-order valence-electron chi connectivity index (χ0n) is 24.2. The van der Waals surface area contributed by atoms with Crippen LogP contribution in [0.3, 0.4) is 0 Å². The number of unbranched alkanes of at least 4 members (excludes halogenated alkanes) is 2. The zero-order valence-corrected chi connectivity index (χ0v) is 24.2. The summed E-state index contributed by atoms with van der Waals surface area (Å²) >= 11 is 0. The van der Waals surface area contributed by atoms with E-state index in [1.54, 1.807) is 31.2 Å². The number of ether oxygens (including phenoxy) is 1. The summed E-state index contributed by atoms with van der Waals surface area (Å²) in [6, 6.07) is 6.23. The van der Waals surface area contributed by atoms with Crippen LogP contribution in [0.5, 0.6) is 5.75 Å². The van der Waals surface area contributed by atoms with Crippen molar-refractivity contribution < 1.29 is 32.7 Å². The predicted octanol–water partition coefficient (Wildman–Crippen LogP) is 4.69. The van der Waals surface area contributed by atoms with Crippen LogP contribution in [0.25, 0.3) is 0 Å². The van der Waals surface area contributed by atoms with Crippen LogP contribution < -0.4 is 21.2 Å². The first-order chi connectivity index (χ1) is 19.0. The molecule has 2 aromatic rings. The van der Waals surface area contributed by atoms with Gasteiger partial charge in [0.2, 0.25) is 11.8 Å². The summed E-state index contributed by atoms with van der Waals surface area (Å²) < 4.78 is 15.4. The van der Waals surface area contributed by atoms with E-state index in [9.17, 15) is 24.0 Å². The second-order valence-electron chi connectivity index (χ2n) is 10.2. The quantitative estimate of drug-likeness (QED) is 0.244. The number of aryl methyl sites for hydroxylation is 1. The second-order valence-corrected chi connectivity index (χ2v) is 10.2. The number of hydrogen-bond donors (Lipinski definition) is 2. The Morgan fingerprint density at radius 3 is 2.27 bits per heavy atom. The highest BCUT2D eigenvalue weighted by atomic mass is 16.6. The third-order valence-corrected chi connectivity index (χ3v) is 6.90. The Balaban J connectivity index is 0.00000840. The van der Waals surface area contributed by atoms with Crippen molar-refractivity contribution >= 4 is 23.4 Å². The average Bonchev–Trinajstić information content (AvgIpc) is 3.25. The number of carbonyl (C=O) groups excluding carboxylic acids is 4. The van der Waals surface area contributed by atoms with Gasteiger partial charge in [-0.25, -0.2) is 4.79 Å². The zero-order chi connectivity index (χ0) is 29.7. The fourth-order valence-corrected chi connectivity index (χ4v) is 4.20. The fourth-order valence-electron chi connectivity index (χ4n) is 4.20. The molecule has 0 aliphatic heterocycles. The van der Waals surface area contributed by atoms with Crippen LogP contribution in [0.15, 0.2) is 37.9 Å². The van der Waals surface area contributed by atoms with Crippen LogP contribution >= 0.6 is 0 Å². The number of rotatable bonds is 18. The third-order valence-electron chi connectivity index (χ3n) is 6.90. The Morgan fingerprint density at radius 2 is 1.71 bits per heavy atom. The molecule has 2 amide bonds. The molecule has 41 heavy (non-hydrogen) atoms. The lowest BCUT2D eigenvalue weighted by Gasteiger charge is -2.25. The monoisotopic (exact) mass is 574 g/mol. The van der Waals surface area contributed by atoms with Crippen LogP contribution in [0.1, 0.15) is 90.7 Å². The molecule has 3 unspecified atom stereocenters. The minimum absolute atomic E-state index is 0. The maximum absolute atomic E-state index is 13.5. The standard InChI is InChI=1S/C30H42N2O8.CH4/c1-6-8-9-10-28(35)32-25(26(34)16-24(19(3)7-2)29(36)31-17-20(4)33)15-22-11-13-23(14-12-22)38-18-27-21(5)39-30(37)40-27;/h11-14,19,24-25H,6-10,15-18H2,1-5H3,(H,31,36)(H,32,35);1H4. The van der Waals surface area contributed by atoms with Gasteiger partial charge in [-0.3, -0.25) is 19.2 Å². The van der Waals surface area contributed by atoms with Crippen molar-refractivity contribution in [3.05, 3.63) is 52.0 Å². The largest absolute Gasteiger partial charge is 0.519 e. The van der Waals surface area contributed by atoms with Crippen molar-refractivity contribution in [2.75, 3.05) is 6.54 Å². The minimum atomic E-state index is -0.809. The lowest BCUT2D eigenvalue weighted by Crippen LogP contribution is -2.45. The van der Waals surface area contributed by atoms with Gasteiger partial charge in [-0.2, -0.15) is 0 Å². The van der Waals surface area contributed by atoms with Gasteiger partial charge in [0.25, 0.3) is 0 Å². The molecule has 0 saturated heterocycles. The number of nitrogens with one attached hydrogen (secondary N) is 2. The number of amides is 2. The molecule has 0 spiro atoms. The molecule has 1 aromatic heterocycles. The van der Waals surface area contributed by atoms with E-state index in [1.165, 1.54) is 6.92 Å². The Bertz CT molecular complexity index is 1180. The van der Waals surface area contributed by atoms with Gasteiger partial charge in [-0.1, -0.05) is 59.6 Å². The van der Waals surface area contributed by atoms with E-state index in [1.807, 2.05) is 13.8 Å². The van der Waals surface area contributed by atoms with Crippen LogP contribution in [0.2, 0.25) is 0 Å². The first-order valence-corrected chi connectivity index (χ1v) is 13.9. The summed E-state index contributed by atoms with van der Waals surface area (Å²) in [6.07, 6.45) is 3.83. The van der Waals surface area contributed by atoms with E-state index in [4.69, 9.17) is 13.6 Å². The normalized spacial score (nSPS) is 12.9. The van der Waals surface area contributed by atoms with Crippen molar-refractivity contribution in [3.8, 4) is 5.75 Å². The van der Waals surface area contributed by atoms with E-state index in [2.05, 4.69) is 17.6 Å².